The SMILES string of the molecule is CC(C)(C)OC(=O)N1CCCC(N)C1.[HH]. The van der Waals surface area contributed by atoms with Gasteiger partial charge in [-0.3, -0.25) is 0 Å². The Morgan fingerprint density at radius 3 is 2.71 bits per heavy atom. The molecule has 1 aliphatic heterocycles. The smallest absolute Gasteiger partial charge is 0.410 e. The van der Waals surface area contributed by atoms with Gasteiger partial charge in [-0.2, -0.15) is 0 Å². The van der Waals surface area contributed by atoms with Crippen LogP contribution in [0.4, 0.5) is 4.79 Å². The van der Waals surface area contributed by atoms with E-state index in [9.17, 15) is 4.79 Å². The van der Waals surface area contributed by atoms with Crippen molar-refractivity contribution in [3.63, 3.8) is 0 Å². The van der Waals surface area contributed by atoms with Crippen LogP contribution in [0.15, 0.2) is 0 Å². The maximum atomic E-state index is 11.6. The van der Waals surface area contributed by atoms with E-state index >= 15 is 0 Å². The molecule has 1 atom stereocenters. The molecule has 1 saturated heterocycles. The number of rotatable bonds is 0. The second-order valence-electron chi connectivity index (χ2n) is 4.83. The molecular weight excluding hydrogens is 180 g/mol. The number of likely N-dealkylation sites (tertiary alicyclic amines) is 1. The normalized spacial score (nSPS) is 23.4. The lowest BCUT2D eigenvalue weighted by Gasteiger charge is -2.32. The lowest BCUT2D eigenvalue weighted by Crippen LogP contribution is -2.47. The Morgan fingerprint density at radius 2 is 2.21 bits per heavy atom. The van der Waals surface area contributed by atoms with Crippen LogP contribution in [0.3, 0.4) is 0 Å². The van der Waals surface area contributed by atoms with Crippen molar-refractivity contribution in [2.75, 3.05) is 13.1 Å². The summed E-state index contributed by atoms with van der Waals surface area (Å²) in [6.45, 7) is 7.00. The van der Waals surface area contributed by atoms with Crippen LogP contribution in [-0.2, 0) is 4.74 Å². The number of hydrogen-bond donors (Lipinski definition) is 1. The van der Waals surface area contributed by atoms with Gasteiger partial charge in [-0.25, -0.2) is 4.79 Å². The van der Waals surface area contributed by atoms with E-state index in [1.54, 1.807) is 4.90 Å². The lowest BCUT2D eigenvalue weighted by atomic mass is 10.1. The van der Waals surface area contributed by atoms with Gasteiger partial charge in [0, 0.05) is 20.6 Å². The summed E-state index contributed by atoms with van der Waals surface area (Å²) in [5, 5.41) is 0. The molecule has 1 heterocycles. The second-order valence-corrected chi connectivity index (χ2v) is 4.83. The van der Waals surface area contributed by atoms with E-state index in [4.69, 9.17) is 10.5 Å². The van der Waals surface area contributed by atoms with Crippen molar-refractivity contribution in [1.29, 1.82) is 0 Å². The summed E-state index contributed by atoms with van der Waals surface area (Å²) in [6, 6.07) is 0.108. The van der Waals surface area contributed by atoms with E-state index in [2.05, 4.69) is 0 Å². The molecule has 1 aliphatic rings. The molecule has 0 bridgehead atoms. The first kappa shape index (κ1) is 11.3. The zero-order valence-electron chi connectivity index (χ0n) is 9.25. The highest BCUT2D eigenvalue weighted by Crippen LogP contribution is 2.14. The van der Waals surface area contributed by atoms with E-state index in [1.165, 1.54) is 0 Å². The summed E-state index contributed by atoms with van der Waals surface area (Å²) in [5.41, 5.74) is 5.36. The van der Waals surface area contributed by atoms with Gasteiger partial charge in [0.1, 0.15) is 5.60 Å². The van der Waals surface area contributed by atoms with Crippen LogP contribution in [-0.4, -0.2) is 35.7 Å². The van der Waals surface area contributed by atoms with Crippen LogP contribution < -0.4 is 5.73 Å². The molecule has 84 valence electrons. The molecule has 0 aromatic heterocycles. The fourth-order valence-electron chi connectivity index (χ4n) is 1.50. The molecule has 0 spiro atoms. The highest BCUT2D eigenvalue weighted by atomic mass is 16.6. The average molecular weight is 202 g/mol. The molecule has 4 nitrogen and oxygen atoms in total. The molecule has 0 aromatic carbocycles. The number of nitrogens with zero attached hydrogens (tertiary/aromatic N) is 1. The van der Waals surface area contributed by atoms with E-state index < -0.39 is 5.60 Å². The maximum Gasteiger partial charge on any atom is 0.410 e. The number of nitrogens with two attached hydrogens (primary N) is 1. The molecule has 1 amide bonds. The Hall–Kier alpha value is -0.770. The van der Waals surface area contributed by atoms with Crippen LogP contribution in [0.2, 0.25) is 0 Å². The summed E-state index contributed by atoms with van der Waals surface area (Å²) in [4.78, 5) is 13.3. The van der Waals surface area contributed by atoms with Crippen molar-refractivity contribution < 1.29 is 11.0 Å². The fraction of sp³-hybridized carbons (Fsp3) is 0.900. The third-order valence-electron chi connectivity index (χ3n) is 2.11. The Morgan fingerprint density at radius 1 is 1.57 bits per heavy atom. The molecule has 0 aromatic rings. The first-order valence-electron chi connectivity index (χ1n) is 5.12. The minimum absolute atomic E-state index is 0. The van der Waals surface area contributed by atoms with Gasteiger partial charge in [0.15, 0.2) is 0 Å². The van der Waals surface area contributed by atoms with Crippen molar-refractivity contribution in [1.82, 2.24) is 4.90 Å². The van der Waals surface area contributed by atoms with Crippen molar-refractivity contribution in [2.24, 2.45) is 5.73 Å². The first-order valence-corrected chi connectivity index (χ1v) is 5.12. The number of carbonyl (C=O) groups is 1. The molecular formula is C10H22N2O2. The van der Waals surface area contributed by atoms with Gasteiger partial charge < -0.3 is 15.4 Å². The number of piperidine rings is 1. The molecule has 1 fully saturated rings. The van der Waals surface area contributed by atoms with Gasteiger partial charge in [-0.1, -0.05) is 0 Å². The average Bonchev–Trinajstić information content (AvgIpc) is 2.01. The van der Waals surface area contributed by atoms with Crippen molar-refractivity contribution in [3.8, 4) is 0 Å². The van der Waals surface area contributed by atoms with Crippen molar-refractivity contribution >= 4 is 6.09 Å². The second kappa shape index (κ2) is 4.17. The summed E-state index contributed by atoms with van der Waals surface area (Å²) >= 11 is 0. The number of carbonyl (C=O) groups excluding carboxylic acids is 1. The van der Waals surface area contributed by atoms with Gasteiger partial charge in [-0.05, 0) is 33.6 Å². The largest absolute Gasteiger partial charge is 0.444 e. The summed E-state index contributed by atoms with van der Waals surface area (Å²) in [7, 11) is 0. The Balaban J connectivity index is 0.00000196. The molecule has 0 radical (unpaired) electrons. The van der Waals surface area contributed by atoms with Crippen LogP contribution in [0, 0.1) is 0 Å². The Bertz CT molecular complexity index is 216. The van der Waals surface area contributed by atoms with Gasteiger partial charge in [0.25, 0.3) is 0 Å². The first-order chi connectivity index (χ1) is 6.38. The molecule has 1 unspecified atom stereocenters. The number of hydrogen-bond acceptors (Lipinski definition) is 3. The van der Waals surface area contributed by atoms with Gasteiger partial charge in [-0.15, -0.1) is 0 Å². The molecule has 1 rings (SSSR count). The summed E-state index contributed by atoms with van der Waals surface area (Å²) in [5.74, 6) is 0. The van der Waals surface area contributed by atoms with Gasteiger partial charge in [0.2, 0.25) is 0 Å². The summed E-state index contributed by atoms with van der Waals surface area (Å²) in [6.07, 6.45) is 1.73. The predicted octanol–water partition coefficient (Wildman–Crippen LogP) is 1.59. The third kappa shape index (κ3) is 3.54. The number of ether oxygens (including phenoxy) is 1. The molecule has 0 saturated carbocycles. The van der Waals surface area contributed by atoms with E-state index in [1.807, 2.05) is 20.8 Å². The molecule has 4 heteroatoms. The zero-order valence-corrected chi connectivity index (χ0v) is 9.25. The van der Waals surface area contributed by atoms with Gasteiger partial charge >= 0.3 is 6.09 Å². The van der Waals surface area contributed by atoms with E-state index in [0.717, 1.165) is 19.4 Å². The Kier molecular flexibility index (Phi) is 3.37. The van der Waals surface area contributed by atoms with E-state index in [-0.39, 0.29) is 13.6 Å². The van der Waals surface area contributed by atoms with Crippen LogP contribution >= 0.6 is 0 Å². The van der Waals surface area contributed by atoms with Crippen molar-refractivity contribution in [2.45, 2.75) is 45.3 Å². The highest BCUT2D eigenvalue weighted by molar-refractivity contribution is 5.68. The van der Waals surface area contributed by atoms with Crippen LogP contribution in [0.1, 0.15) is 35.0 Å². The maximum absolute atomic E-state index is 11.6. The minimum atomic E-state index is -0.418. The molecule has 0 aliphatic carbocycles. The van der Waals surface area contributed by atoms with Crippen molar-refractivity contribution in [3.05, 3.63) is 0 Å². The minimum Gasteiger partial charge on any atom is -0.444 e. The van der Waals surface area contributed by atoms with E-state index in [0.29, 0.717) is 6.54 Å². The monoisotopic (exact) mass is 202 g/mol. The highest BCUT2D eigenvalue weighted by Gasteiger charge is 2.25. The lowest BCUT2D eigenvalue weighted by molar-refractivity contribution is 0.0200. The van der Waals surface area contributed by atoms with Crippen LogP contribution in [0.5, 0.6) is 0 Å². The predicted molar refractivity (Wildman–Crippen MR) is 57.1 cm³/mol. The standard InChI is InChI=1S/C10H20N2O2.H2/c1-10(2,3)14-9(13)12-6-4-5-8(11)7-12;/h8H,4-7,11H2,1-3H3;1H. The summed E-state index contributed by atoms with van der Waals surface area (Å²) < 4.78 is 5.26. The Labute approximate surface area is 86.9 Å². The quantitative estimate of drug-likeness (QED) is 0.649. The molecule has 2 N–H and O–H groups in total. The van der Waals surface area contributed by atoms with Gasteiger partial charge in [0.05, 0.1) is 0 Å². The fourth-order valence-corrected chi connectivity index (χ4v) is 1.50. The number of amides is 1. The third-order valence-corrected chi connectivity index (χ3v) is 2.11. The van der Waals surface area contributed by atoms with Crippen LogP contribution in [0.25, 0.3) is 0 Å². The zero-order chi connectivity index (χ0) is 10.8. The topological polar surface area (TPSA) is 55.6 Å². The molecule has 14 heavy (non-hydrogen) atoms.